The summed E-state index contributed by atoms with van der Waals surface area (Å²) in [6, 6.07) is 3.96. The van der Waals surface area contributed by atoms with Gasteiger partial charge >= 0.3 is 5.97 Å². The van der Waals surface area contributed by atoms with Crippen molar-refractivity contribution in [3.63, 3.8) is 0 Å². The summed E-state index contributed by atoms with van der Waals surface area (Å²) < 4.78 is 38.4. The first-order valence-electron chi connectivity index (χ1n) is 10.6. The normalized spacial score (nSPS) is 23.3. The number of amides is 1. The number of likely N-dealkylation sites (tertiary alicyclic amines) is 1. The van der Waals surface area contributed by atoms with Gasteiger partial charge < -0.3 is 14.4 Å². The Balaban J connectivity index is 1.71. The van der Waals surface area contributed by atoms with E-state index in [1.165, 1.54) is 22.5 Å². The number of morpholine rings is 1. The molecule has 2 unspecified atom stereocenters. The zero-order valence-corrected chi connectivity index (χ0v) is 19.5. The monoisotopic (exact) mass is 472 g/mol. The van der Waals surface area contributed by atoms with Crippen LogP contribution in [0.5, 0.6) is 0 Å². The number of hydrogen-bond donors (Lipinski definition) is 0. The van der Waals surface area contributed by atoms with Crippen LogP contribution >= 0.6 is 11.6 Å². The summed E-state index contributed by atoms with van der Waals surface area (Å²) in [6.45, 7) is 4.95. The number of halogens is 1. The first-order valence-corrected chi connectivity index (χ1v) is 12.4. The minimum absolute atomic E-state index is 0.0176. The Labute approximate surface area is 188 Å². The first-order chi connectivity index (χ1) is 14.7. The lowest BCUT2D eigenvalue weighted by Crippen LogP contribution is -2.48. The van der Waals surface area contributed by atoms with Crippen molar-refractivity contribution in [2.24, 2.45) is 0 Å². The van der Waals surface area contributed by atoms with Crippen molar-refractivity contribution in [1.29, 1.82) is 0 Å². The second-order valence-corrected chi connectivity index (χ2v) is 10.4. The molecule has 1 aromatic rings. The number of carbonyl (C=O) groups excluding carboxylic acids is 2. The van der Waals surface area contributed by atoms with E-state index >= 15 is 0 Å². The van der Waals surface area contributed by atoms with E-state index in [2.05, 4.69) is 0 Å². The Morgan fingerprint density at radius 2 is 1.71 bits per heavy atom. The van der Waals surface area contributed by atoms with Crippen molar-refractivity contribution in [2.75, 3.05) is 32.8 Å². The van der Waals surface area contributed by atoms with Crippen LogP contribution in [-0.4, -0.2) is 74.5 Å². The molecule has 8 nitrogen and oxygen atoms in total. The highest BCUT2D eigenvalue weighted by atomic mass is 35.5. The number of sulfonamides is 1. The van der Waals surface area contributed by atoms with Gasteiger partial charge in [-0.05, 0) is 44.9 Å². The van der Waals surface area contributed by atoms with Crippen LogP contribution < -0.4 is 0 Å². The lowest BCUT2D eigenvalue weighted by molar-refractivity contribution is -0.134. The van der Waals surface area contributed by atoms with Crippen molar-refractivity contribution in [2.45, 2.75) is 56.6 Å². The topological polar surface area (TPSA) is 93.2 Å². The highest BCUT2D eigenvalue weighted by Gasteiger charge is 2.34. The number of carbonyl (C=O) groups is 2. The maximum atomic E-state index is 13.2. The molecule has 2 fully saturated rings. The van der Waals surface area contributed by atoms with Crippen molar-refractivity contribution in [3.8, 4) is 0 Å². The smallest absolute Gasteiger partial charge is 0.338 e. The van der Waals surface area contributed by atoms with E-state index in [9.17, 15) is 18.0 Å². The highest BCUT2D eigenvalue weighted by Crippen LogP contribution is 2.28. The minimum atomic E-state index is -3.93. The molecule has 1 aromatic carbocycles. The Hall–Kier alpha value is -1.68. The lowest BCUT2D eigenvalue weighted by Gasteiger charge is -2.34. The van der Waals surface area contributed by atoms with Gasteiger partial charge in [0.25, 0.3) is 5.91 Å². The maximum absolute atomic E-state index is 13.2. The fraction of sp³-hybridized carbons (Fsp3) is 0.619. The largest absolute Gasteiger partial charge is 0.452 e. The van der Waals surface area contributed by atoms with E-state index in [4.69, 9.17) is 21.1 Å². The van der Waals surface area contributed by atoms with Gasteiger partial charge in [-0.2, -0.15) is 4.31 Å². The molecule has 1 amide bonds. The lowest BCUT2D eigenvalue weighted by atomic mass is 10.2. The van der Waals surface area contributed by atoms with Crippen LogP contribution in [0, 0.1) is 0 Å². The van der Waals surface area contributed by atoms with Gasteiger partial charge in [0.1, 0.15) is 4.90 Å². The van der Waals surface area contributed by atoms with Crippen LogP contribution in [0.1, 0.15) is 49.9 Å². The average Bonchev–Trinajstić information content (AvgIpc) is 3.01. The molecule has 2 saturated heterocycles. The highest BCUT2D eigenvalue weighted by molar-refractivity contribution is 7.89. The molecule has 10 heteroatoms. The molecule has 2 atom stereocenters. The summed E-state index contributed by atoms with van der Waals surface area (Å²) in [4.78, 5) is 26.4. The minimum Gasteiger partial charge on any atom is -0.452 e. The summed E-state index contributed by atoms with van der Waals surface area (Å²) in [5, 5.41) is 0.0176. The van der Waals surface area contributed by atoms with Crippen molar-refractivity contribution >= 4 is 33.5 Å². The first kappa shape index (κ1) is 24.0. The van der Waals surface area contributed by atoms with Gasteiger partial charge in [-0.3, -0.25) is 4.79 Å². The zero-order valence-electron chi connectivity index (χ0n) is 17.9. The van der Waals surface area contributed by atoms with Gasteiger partial charge in [0, 0.05) is 26.2 Å². The number of ether oxygens (including phenoxy) is 2. The molecule has 0 radical (unpaired) electrons. The van der Waals surface area contributed by atoms with Crippen molar-refractivity contribution in [3.05, 3.63) is 28.8 Å². The average molecular weight is 473 g/mol. The molecule has 2 aliphatic heterocycles. The van der Waals surface area contributed by atoms with E-state index in [1.54, 1.807) is 18.7 Å². The third-order valence-corrected chi connectivity index (χ3v) is 7.77. The van der Waals surface area contributed by atoms with Crippen LogP contribution in [-0.2, 0) is 24.3 Å². The third kappa shape index (κ3) is 5.97. The van der Waals surface area contributed by atoms with Crippen LogP contribution in [0.25, 0.3) is 0 Å². The Morgan fingerprint density at radius 3 is 2.32 bits per heavy atom. The molecule has 3 rings (SSSR count). The molecule has 2 aliphatic rings. The van der Waals surface area contributed by atoms with Gasteiger partial charge in [0.05, 0.1) is 22.8 Å². The van der Waals surface area contributed by atoms with Crippen LogP contribution in [0.15, 0.2) is 23.1 Å². The summed E-state index contributed by atoms with van der Waals surface area (Å²) in [5.41, 5.74) is 0.0287. The van der Waals surface area contributed by atoms with Gasteiger partial charge in [0.2, 0.25) is 10.0 Å². The van der Waals surface area contributed by atoms with Crippen molar-refractivity contribution < 1.29 is 27.5 Å². The number of nitrogens with zero attached hydrogens (tertiary/aromatic N) is 2. The molecule has 2 heterocycles. The van der Waals surface area contributed by atoms with E-state index in [0.29, 0.717) is 13.1 Å². The molecule has 31 heavy (non-hydrogen) atoms. The molecular weight excluding hydrogens is 444 g/mol. The molecular formula is C21H29ClN2O6S. The van der Waals surface area contributed by atoms with Gasteiger partial charge in [0.15, 0.2) is 6.61 Å². The van der Waals surface area contributed by atoms with Crippen molar-refractivity contribution in [1.82, 2.24) is 9.21 Å². The second kappa shape index (κ2) is 10.3. The molecule has 0 aromatic heterocycles. The fourth-order valence-corrected chi connectivity index (χ4v) is 6.01. The van der Waals surface area contributed by atoms with Gasteiger partial charge in [-0.25, -0.2) is 13.2 Å². The Morgan fingerprint density at radius 1 is 1.10 bits per heavy atom. The second-order valence-electron chi connectivity index (χ2n) is 8.10. The summed E-state index contributed by atoms with van der Waals surface area (Å²) >= 11 is 6.17. The number of hydrogen-bond acceptors (Lipinski definition) is 6. The van der Waals surface area contributed by atoms with Gasteiger partial charge in [-0.15, -0.1) is 0 Å². The van der Waals surface area contributed by atoms with E-state index in [-0.39, 0.29) is 53.3 Å². The maximum Gasteiger partial charge on any atom is 0.338 e. The summed E-state index contributed by atoms with van der Waals surface area (Å²) in [7, 11) is -3.93. The predicted octanol–water partition coefficient (Wildman–Crippen LogP) is 2.70. The molecule has 172 valence electrons. The number of rotatable bonds is 5. The Bertz CT molecular complexity index is 904. The van der Waals surface area contributed by atoms with Crippen LogP contribution in [0.4, 0.5) is 0 Å². The summed E-state index contributed by atoms with van der Waals surface area (Å²) in [6.07, 6.45) is 3.55. The molecule has 0 N–H and O–H groups in total. The van der Waals surface area contributed by atoms with E-state index in [1.807, 2.05) is 0 Å². The molecule has 0 spiro atoms. The van der Waals surface area contributed by atoms with Crippen LogP contribution in [0.2, 0.25) is 5.02 Å². The molecule has 0 bridgehead atoms. The third-order valence-electron chi connectivity index (χ3n) is 5.46. The van der Waals surface area contributed by atoms with E-state index in [0.717, 1.165) is 25.7 Å². The Kier molecular flexibility index (Phi) is 7.96. The van der Waals surface area contributed by atoms with Gasteiger partial charge in [-0.1, -0.05) is 24.4 Å². The predicted molar refractivity (Wildman–Crippen MR) is 116 cm³/mol. The fourth-order valence-electron chi connectivity index (χ4n) is 3.92. The summed E-state index contributed by atoms with van der Waals surface area (Å²) in [5.74, 6) is -1.01. The molecule has 0 aliphatic carbocycles. The van der Waals surface area contributed by atoms with Crippen LogP contribution in [0.3, 0.4) is 0 Å². The standard InChI is InChI=1S/C21H29ClN2O6S/c1-15-12-24(13-16(2)30-15)31(27,28)19-11-17(7-8-18(19)22)21(26)29-14-20(25)23-9-5-3-4-6-10-23/h7-8,11,15-16H,3-6,9-10,12-14H2,1-2H3. The number of esters is 1. The quantitative estimate of drug-likeness (QED) is 0.612. The zero-order chi connectivity index (χ0) is 22.6. The SMILES string of the molecule is CC1CN(S(=O)(=O)c2cc(C(=O)OCC(=O)N3CCCCCC3)ccc2Cl)CC(C)O1. The number of benzene rings is 1. The molecule has 0 saturated carbocycles. The van der Waals surface area contributed by atoms with E-state index < -0.39 is 16.0 Å².